The molecule has 0 spiro atoms. The van der Waals surface area contributed by atoms with Crippen LogP contribution in [0.2, 0.25) is 0 Å². The van der Waals surface area contributed by atoms with E-state index in [1.54, 1.807) is 61.2 Å². The molecule has 0 aromatic heterocycles. The van der Waals surface area contributed by atoms with E-state index in [2.05, 4.69) is 16.0 Å². The molecule has 2 aliphatic heterocycles. The van der Waals surface area contributed by atoms with Crippen LogP contribution in [0.1, 0.15) is 98.0 Å². The fourth-order valence-electron chi connectivity index (χ4n) is 9.58. The Kier molecular flexibility index (Phi) is 25.8. The first-order chi connectivity index (χ1) is 34.5. The van der Waals surface area contributed by atoms with Crippen molar-refractivity contribution in [2.45, 2.75) is 135 Å². The Morgan fingerprint density at radius 2 is 1.48 bits per heavy atom. The van der Waals surface area contributed by atoms with Crippen molar-refractivity contribution in [3.05, 3.63) is 48.0 Å². The maximum absolute atomic E-state index is 14.5. The minimum atomic E-state index is -4.41. The van der Waals surface area contributed by atoms with Gasteiger partial charge in [0.15, 0.2) is 5.96 Å². The average Bonchev–Trinajstić information content (AvgIpc) is 3.95. The third-order valence-electron chi connectivity index (χ3n) is 13.8. The largest absolute Gasteiger partial charge is 0.379 e. The lowest BCUT2D eigenvalue weighted by Crippen LogP contribution is -2.55. The van der Waals surface area contributed by atoms with Crippen molar-refractivity contribution < 1.29 is 52.5 Å². The summed E-state index contributed by atoms with van der Waals surface area (Å²) in [7, 11) is 7.86. The summed E-state index contributed by atoms with van der Waals surface area (Å²) in [5.41, 5.74) is 0.672. The number of ether oxygens (including phenoxy) is 2. The molecule has 20 nitrogen and oxygen atoms in total. The van der Waals surface area contributed by atoms with E-state index in [9.17, 15) is 43.0 Å². The van der Waals surface area contributed by atoms with Gasteiger partial charge >= 0.3 is 0 Å². The number of hydrogen-bond acceptors (Lipinski definition) is 11. The molecule has 1 saturated heterocycles. The summed E-state index contributed by atoms with van der Waals surface area (Å²) < 4.78 is 26.2. The number of imide groups is 1. The van der Waals surface area contributed by atoms with Crippen molar-refractivity contribution in [1.29, 1.82) is 0 Å². The number of carbonyl (C=O) groups is 7. The summed E-state index contributed by atoms with van der Waals surface area (Å²) in [6, 6.07) is 7.21. The summed E-state index contributed by atoms with van der Waals surface area (Å²) in [6.07, 6.45) is 4.54. The van der Waals surface area contributed by atoms with Crippen LogP contribution in [0.15, 0.2) is 47.5 Å². The van der Waals surface area contributed by atoms with E-state index in [0.717, 1.165) is 0 Å². The van der Waals surface area contributed by atoms with Crippen LogP contribution in [-0.2, 0) is 54.0 Å². The molecule has 21 heteroatoms. The van der Waals surface area contributed by atoms with E-state index >= 15 is 0 Å². The van der Waals surface area contributed by atoms with Crippen molar-refractivity contribution in [3.63, 3.8) is 0 Å². The monoisotopic (exact) mass is 1040 g/mol. The molecule has 0 bridgehead atoms. The van der Waals surface area contributed by atoms with Gasteiger partial charge in [0.2, 0.25) is 36.9 Å². The lowest BCUT2D eigenvalue weighted by molar-refractivity contribution is -0.146. The summed E-state index contributed by atoms with van der Waals surface area (Å²) in [6.45, 7) is 10.8. The average molecular weight is 1040 g/mol. The normalized spacial score (nSPS) is 18.2. The van der Waals surface area contributed by atoms with Crippen LogP contribution in [-0.4, -0.2) is 195 Å². The van der Waals surface area contributed by atoms with Crippen LogP contribution < -0.4 is 16.0 Å². The number of likely N-dealkylation sites (tertiary alicyclic amines) is 1. The summed E-state index contributed by atoms with van der Waals surface area (Å²) in [5.74, 6) is -4.25. The van der Waals surface area contributed by atoms with Crippen molar-refractivity contribution in [1.82, 2.24) is 40.4 Å². The van der Waals surface area contributed by atoms with Gasteiger partial charge in [0.1, 0.15) is 18.0 Å². The fourth-order valence-corrected chi connectivity index (χ4v) is 11.1. The molecule has 4 N–H and O–H groups in total. The maximum atomic E-state index is 14.5. The Balaban J connectivity index is 1.66. The van der Waals surface area contributed by atoms with Gasteiger partial charge in [-0.15, -0.1) is 0 Å². The fraction of sp³-hybridized carbons (Fsp3) is 0.692. The predicted molar refractivity (Wildman–Crippen MR) is 281 cm³/mol. The van der Waals surface area contributed by atoms with Gasteiger partial charge in [-0.25, -0.2) is 4.99 Å². The van der Waals surface area contributed by atoms with Crippen molar-refractivity contribution in [3.8, 4) is 0 Å². The summed E-state index contributed by atoms with van der Waals surface area (Å²) >= 11 is 0. The highest BCUT2D eigenvalue weighted by Crippen LogP contribution is 2.46. The number of nitrogens with zero attached hydrogens (tertiary/aromatic N) is 6. The van der Waals surface area contributed by atoms with E-state index in [4.69, 9.17) is 14.5 Å². The Morgan fingerprint density at radius 3 is 2.04 bits per heavy atom. The van der Waals surface area contributed by atoms with Crippen LogP contribution in [0.5, 0.6) is 0 Å². The Labute approximate surface area is 433 Å². The minimum absolute atomic E-state index is 0.0345. The molecule has 1 unspecified atom stereocenters. The summed E-state index contributed by atoms with van der Waals surface area (Å²) in [5, 5.41) is 8.24. The zero-order valence-electron chi connectivity index (χ0n) is 45.5. The molecule has 2 aliphatic rings. The quantitative estimate of drug-likeness (QED) is 0.0284. The van der Waals surface area contributed by atoms with E-state index in [1.807, 2.05) is 65.7 Å². The van der Waals surface area contributed by atoms with Gasteiger partial charge in [-0.3, -0.25) is 43.0 Å². The number of amides is 7. The van der Waals surface area contributed by atoms with Crippen LogP contribution in [0.4, 0.5) is 0 Å². The van der Waals surface area contributed by atoms with Crippen LogP contribution >= 0.6 is 7.37 Å². The van der Waals surface area contributed by atoms with Crippen LogP contribution in [0.25, 0.3) is 0 Å². The van der Waals surface area contributed by atoms with Gasteiger partial charge in [0.05, 0.1) is 36.6 Å². The number of methoxy groups -OCH3 is 2. The molecule has 73 heavy (non-hydrogen) atoms. The first-order valence-corrected chi connectivity index (χ1v) is 27.7. The zero-order chi connectivity index (χ0) is 54.6. The highest BCUT2D eigenvalue weighted by molar-refractivity contribution is 7.59. The molecule has 9 atom stereocenters. The maximum Gasteiger partial charge on any atom is 0.253 e. The number of nitrogens with one attached hydrogen (secondary N) is 3. The molecule has 2 heterocycles. The molecule has 1 fully saturated rings. The van der Waals surface area contributed by atoms with E-state index in [1.165, 1.54) is 24.2 Å². The molecule has 3 rings (SSSR count). The Morgan fingerprint density at radius 1 is 0.863 bits per heavy atom. The number of aliphatic imine (C=N–C) groups is 1. The number of likely N-dealkylation sites (N-methyl/N-ethyl adjacent to an activating group) is 1. The Hall–Kier alpha value is -5.17. The highest BCUT2D eigenvalue weighted by atomic mass is 31.2. The second kappa shape index (κ2) is 30.3. The SMILES string of the molecule is CC[C@H](C)[C@@H]([C@@H](CC(=O)N1CCC[C@H]1[C@H](OC)[C@@H](C)C(=O)N[C@@H](Cc1ccccc1)P(=O)(O)CC(=O)NCCCNC(=O)CCCCCN1C(=O)C=CC1=O)OC)N(C)C(=O)[C@@H](N=C(N(C)C)N(C)C)C(C)C. The number of carbonyl (C=O) groups excluding carboxylic acids is 7. The number of guanidine groups is 1. The molecule has 7 amide bonds. The first-order valence-electron chi connectivity index (χ1n) is 25.8. The van der Waals surface area contributed by atoms with E-state index < -0.39 is 67.4 Å². The first kappa shape index (κ1) is 62.1. The lowest BCUT2D eigenvalue weighted by atomic mass is 9.89. The van der Waals surface area contributed by atoms with Crippen LogP contribution in [0, 0.1) is 17.8 Å². The van der Waals surface area contributed by atoms with Crippen molar-refractivity contribution in [2.24, 2.45) is 22.7 Å². The molecule has 0 aliphatic carbocycles. The highest BCUT2D eigenvalue weighted by Gasteiger charge is 2.44. The van der Waals surface area contributed by atoms with Gasteiger partial charge in [0, 0.05) is 101 Å². The second-order valence-electron chi connectivity index (χ2n) is 20.1. The smallest absolute Gasteiger partial charge is 0.253 e. The third-order valence-corrected chi connectivity index (χ3v) is 15.8. The molecule has 410 valence electrons. The van der Waals surface area contributed by atoms with Gasteiger partial charge in [0.25, 0.3) is 11.8 Å². The predicted octanol–water partition coefficient (Wildman–Crippen LogP) is 3.47. The molecular weight excluding hydrogens is 958 g/mol. The van der Waals surface area contributed by atoms with Gasteiger partial charge in [-0.05, 0) is 49.5 Å². The van der Waals surface area contributed by atoms with Crippen molar-refractivity contribution >= 4 is 54.7 Å². The molecule has 1 aromatic carbocycles. The molecule has 0 saturated carbocycles. The standard InChI is InChI=1S/C52H86N9O11P/c1-13-36(4)48(59(10)51(68)47(35(2)3)56-52(57(6)7)58(8)9)40(71-11)33-46(66)60-31-20-24-39(60)49(72-12)37(5)50(67)55-43(32-38-22-16-14-17-23-38)73(69,70)34-42(63)54-29-21-28-53-41(62)25-18-15-19-30-61-44(64)26-27-45(61)65/h14,16-17,22-23,26-27,35-37,39-40,43,47-49H,13,15,18-21,24-25,28-34H2,1-12H3,(H,53,62)(H,54,63)(H,55,67)(H,69,70)/t36-,37+,39-,40+,43+,47-,48-,49+/m0/s1. The van der Waals surface area contributed by atoms with Crippen molar-refractivity contribution in [2.75, 3.05) is 81.8 Å². The number of rotatable bonds is 30. The lowest BCUT2D eigenvalue weighted by Gasteiger charge is -2.40. The van der Waals surface area contributed by atoms with Crippen LogP contribution in [0.3, 0.4) is 0 Å². The number of benzene rings is 1. The van der Waals surface area contributed by atoms with E-state index in [0.29, 0.717) is 69.6 Å². The summed E-state index contributed by atoms with van der Waals surface area (Å²) in [4.78, 5) is 117. The topological polar surface area (TPSA) is 240 Å². The third kappa shape index (κ3) is 18.6. The molecular formula is C52H86N9O11P. The zero-order valence-corrected chi connectivity index (χ0v) is 46.4. The van der Waals surface area contributed by atoms with E-state index in [-0.39, 0.29) is 73.7 Å². The Bertz CT molecular complexity index is 2080. The molecule has 1 aromatic rings. The second-order valence-corrected chi connectivity index (χ2v) is 22.6. The number of unbranched alkanes of at least 4 members (excludes halogenated alkanes) is 2. The van der Waals surface area contributed by atoms with Gasteiger partial charge in [-0.1, -0.05) is 77.8 Å². The van der Waals surface area contributed by atoms with Gasteiger partial charge < -0.3 is 49.9 Å². The van der Waals surface area contributed by atoms with Gasteiger partial charge in [-0.2, -0.15) is 0 Å². The minimum Gasteiger partial charge on any atom is -0.379 e. The molecule has 0 radical (unpaired) electrons. The number of hydrogen-bond donors (Lipinski definition) is 4.